The van der Waals surface area contributed by atoms with Gasteiger partial charge in [-0.05, 0) is 69.4 Å². The first-order valence-electron chi connectivity index (χ1n) is 12.1. The highest BCUT2D eigenvalue weighted by Crippen LogP contribution is 2.49. The fourth-order valence-electron chi connectivity index (χ4n) is 4.89. The summed E-state index contributed by atoms with van der Waals surface area (Å²) in [6.45, 7) is 2.64. The van der Waals surface area contributed by atoms with Gasteiger partial charge in [-0.3, -0.25) is 0 Å². The molecule has 2 aromatic heterocycles. The van der Waals surface area contributed by atoms with E-state index in [1.54, 1.807) is 32.5 Å². The Balaban J connectivity index is 2.08. The number of fused-ring (bicyclic) bond motifs is 1. The van der Waals surface area contributed by atoms with Crippen molar-refractivity contribution < 1.29 is 14.6 Å². The first kappa shape index (κ1) is 26.1. The second kappa shape index (κ2) is 11.0. The van der Waals surface area contributed by atoms with E-state index < -0.39 is 11.5 Å². The lowest BCUT2D eigenvalue weighted by molar-refractivity contribution is 0.00128. The number of ether oxygens (including phenoxy) is 2. The third kappa shape index (κ3) is 5.26. The standard InChI is InChI=1S/C30H32N4O3/c1-20-8-6-9-22(16-20)27(24-18-23-17-21(19-31)11-12-26(23)33-28(24)36-4)30(35,13-15-34(2)3)25-10-7-14-32-29(25)37-5/h6-12,14,16-18,27,35H,13,15H2,1-5H3. The zero-order valence-electron chi connectivity index (χ0n) is 21.9. The van der Waals surface area contributed by atoms with Crippen LogP contribution in [0.3, 0.4) is 0 Å². The zero-order valence-corrected chi connectivity index (χ0v) is 21.9. The Morgan fingerprint density at radius 3 is 2.49 bits per heavy atom. The lowest BCUT2D eigenvalue weighted by Crippen LogP contribution is -2.38. The number of rotatable bonds is 9. The van der Waals surface area contributed by atoms with Gasteiger partial charge in [-0.2, -0.15) is 5.26 Å². The highest BCUT2D eigenvalue weighted by atomic mass is 16.5. The molecule has 190 valence electrons. The summed E-state index contributed by atoms with van der Waals surface area (Å²) in [5.74, 6) is 0.193. The topological polar surface area (TPSA) is 91.5 Å². The fourth-order valence-corrected chi connectivity index (χ4v) is 4.89. The Kier molecular flexibility index (Phi) is 7.72. The van der Waals surface area contributed by atoms with Crippen molar-refractivity contribution in [3.05, 3.63) is 94.7 Å². The summed E-state index contributed by atoms with van der Waals surface area (Å²) < 4.78 is 11.4. The molecule has 37 heavy (non-hydrogen) atoms. The largest absolute Gasteiger partial charge is 0.481 e. The maximum absolute atomic E-state index is 12.8. The first-order valence-corrected chi connectivity index (χ1v) is 12.1. The lowest BCUT2D eigenvalue weighted by atomic mass is 9.71. The SMILES string of the molecule is COc1nc2ccc(C#N)cc2cc1C(c1cccc(C)c1)C(O)(CCN(C)C)c1cccnc1OC. The van der Waals surface area contributed by atoms with Crippen molar-refractivity contribution in [2.24, 2.45) is 0 Å². The summed E-state index contributed by atoms with van der Waals surface area (Å²) in [4.78, 5) is 11.2. The van der Waals surface area contributed by atoms with Crippen LogP contribution in [-0.4, -0.2) is 54.8 Å². The number of aliphatic hydroxyl groups is 1. The number of methoxy groups -OCH3 is 2. The predicted molar refractivity (Wildman–Crippen MR) is 144 cm³/mol. The number of aromatic nitrogens is 2. The van der Waals surface area contributed by atoms with Gasteiger partial charge in [0.05, 0.1) is 31.4 Å². The van der Waals surface area contributed by atoms with Crippen LogP contribution in [0.4, 0.5) is 0 Å². The number of nitriles is 1. The molecule has 0 fully saturated rings. The van der Waals surface area contributed by atoms with Crippen LogP contribution in [0.1, 0.15) is 40.2 Å². The summed E-state index contributed by atoms with van der Waals surface area (Å²) in [7, 11) is 7.09. The van der Waals surface area contributed by atoms with Crippen molar-refractivity contribution in [3.8, 4) is 17.8 Å². The summed E-state index contributed by atoms with van der Waals surface area (Å²) in [6, 6.07) is 21.3. The van der Waals surface area contributed by atoms with Gasteiger partial charge in [0.15, 0.2) is 0 Å². The van der Waals surface area contributed by atoms with E-state index in [0.29, 0.717) is 46.9 Å². The van der Waals surface area contributed by atoms with E-state index in [1.807, 2.05) is 68.4 Å². The summed E-state index contributed by atoms with van der Waals surface area (Å²) >= 11 is 0. The molecule has 2 aromatic carbocycles. The number of pyridine rings is 2. The first-order chi connectivity index (χ1) is 17.8. The Hall–Kier alpha value is -3.99. The van der Waals surface area contributed by atoms with Crippen LogP contribution in [0.2, 0.25) is 0 Å². The molecule has 0 aliphatic heterocycles. The van der Waals surface area contributed by atoms with Gasteiger partial charge in [0.1, 0.15) is 5.60 Å². The van der Waals surface area contributed by atoms with Crippen molar-refractivity contribution in [3.63, 3.8) is 0 Å². The molecule has 0 spiro atoms. The van der Waals surface area contributed by atoms with Gasteiger partial charge in [0, 0.05) is 35.2 Å². The van der Waals surface area contributed by atoms with E-state index in [1.165, 1.54) is 0 Å². The van der Waals surface area contributed by atoms with E-state index in [9.17, 15) is 10.4 Å². The quantitative estimate of drug-likeness (QED) is 0.356. The molecule has 4 aromatic rings. The Labute approximate surface area is 217 Å². The molecular weight excluding hydrogens is 464 g/mol. The van der Waals surface area contributed by atoms with Gasteiger partial charge in [0.2, 0.25) is 11.8 Å². The van der Waals surface area contributed by atoms with Gasteiger partial charge >= 0.3 is 0 Å². The molecule has 0 saturated heterocycles. The molecule has 0 aliphatic carbocycles. The van der Waals surface area contributed by atoms with Gasteiger partial charge < -0.3 is 19.5 Å². The molecule has 0 saturated carbocycles. The van der Waals surface area contributed by atoms with E-state index >= 15 is 0 Å². The summed E-state index contributed by atoms with van der Waals surface area (Å²) in [5.41, 5.74) is 3.07. The van der Waals surface area contributed by atoms with Gasteiger partial charge in [-0.15, -0.1) is 0 Å². The molecule has 2 heterocycles. The molecule has 1 N–H and O–H groups in total. The second-order valence-electron chi connectivity index (χ2n) is 9.49. The zero-order chi connectivity index (χ0) is 26.6. The minimum atomic E-state index is -1.44. The third-order valence-electron chi connectivity index (χ3n) is 6.67. The predicted octanol–water partition coefficient (Wildman–Crippen LogP) is 4.80. The lowest BCUT2D eigenvalue weighted by Gasteiger charge is -2.39. The van der Waals surface area contributed by atoms with Crippen molar-refractivity contribution in [1.82, 2.24) is 14.9 Å². The van der Waals surface area contributed by atoms with E-state index in [2.05, 4.69) is 17.1 Å². The van der Waals surface area contributed by atoms with Crippen LogP contribution >= 0.6 is 0 Å². The van der Waals surface area contributed by atoms with Crippen molar-refractivity contribution in [2.75, 3.05) is 34.9 Å². The highest BCUT2D eigenvalue weighted by molar-refractivity contribution is 5.82. The average Bonchev–Trinajstić information content (AvgIpc) is 2.91. The normalized spacial score (nSPS) is 13.7. The molecule has 2 unspecified atom stereocenters. The Bertz CT molecular complexity index is 1450. The molecule has 0 radical (unpaired) electrons. The molecule has 7 heteroatoms. The molecular formula is C30H32N4O3. The van der Waals surface area contributed by atoms with Gasteiger partial charge in [0.25, 0.3) is 0 Å². The summed E-state index contributed by atoms with van der Waals surface area (Å²) in [5, 5.41) is 23.1. The van der Waals surface area contributed by atoms with Crippen molar-refractivity contribution in [1.29, 1.82) is 5.26 Å². The molecule has 2 atom stereocenters. The van der Waals surface area contributed by atoms with Crippen molar-refractivity contribution >= 4 is 10.9 Å². The van der Waals surface area contributed by atoms with Crippen LogP contribution in [0.15, 0.2) is 66.9 Å². The number of benzene rings is 2. The molecule has 0 bridgehead atoms. The van der Waals surface area contributed by atoms with E-state index in [-0.39, 0.29) is 0 Å². The highest BCUT2D eigenvalue weighted by Gasteiger charge is 2.44. The number of hydrogen-bond acceptors (Lipinski definition) is 7. The summed E-state index contributed by atoms with van der Waals surface area (Å²) in [6.07, 6.45) is 2.04. The third-order valence-corrected chi connectivity index (χ3v) is 6.67. The minimum absolute atomic E-state index is 0.362. The average molecular weight is 497 g/mol. The molecule has 7 nitrogen and oxygen atoms in total. The minimum Gasteiger partial charge on any atom is -0.481 e. The van der Waals surface area contributed by atoms with Crippen molar-refractivity contribution in [2.45, 2.75) is 24.9 Å². The Morgan fingerprint density at radius 2 is 1.81 bits per heavy atom. The number of hydrogen-bond donors (Lipinski definition) is 1. The van der Waals surface area contributed by atoms with E-state index in [4.69, 9.17) is 14.5 Å². The van der Waals surface area contributed by atoms with Crippen LogP contribution in [0, 0.1) is 18.3 Å². The van der Waals surface area contributed by atoms with E-state index in [0.717, 1.165) is 16.5 Å². The molecule has 0 aliphatic rings. The maximum Gasteiger partial charge on any atom is 0.219 e. The van der Waals surface area contributed by atoms with Gasteiger partial charge in [-0.1, -0.05) is 29.8 Å². The van der Waals surface area contributed by atoms with Crippen LogP contribution in [-0.2, 0) is 5.60 Å². The van der Waals surface area contributed by atoms with Crippen LogP contribution in [0.25, 0.3) is 10.9 Å². The fraction of sp³-hybridized carbons (Fsp3) is 0.300. The molecule has 0 amide bonds. The maximum atomic E-state index is 12.8. The second-order valence-corrected chi connectivity index (χ2v) is 9.49. The monoisotopic (exact) mass is 496 g/mol. The molecule has 4 rings (SSSR count). The van der Waals surface area contributed by atoms with Gasteiger partial charge in [-0.25, -0.2) is 9.97 Å². The number of nitrogens with zero attached hydrogens (tertiary/aromatic N) is 4. The Morgan fingerprint density at radius 1 is 1.03 bits per heavy atom. The van der Waals surface area contributed by atoms with Crippen LogP contribution in [0.5, 0.6) is 11.8 Å². The van der Waals surface area contributed by atoms with Crippen LogP contribution < -0.4 is 9.47 Å². The smallest absolute Gasteiger partial charge is 0.219 e. The number of aryl methyl sites for hydroxylation is 1.